The number of carbonyl (C=O) groups is 2. The van der Waals surface area contributed by atoms with Gasteiger partial charge in [0.1, 0.15) is 9.77 Å². The van der Waals surface area contributed by atoms with Crippen LogP contribution in [0.1, 0.15) is 55.6 Å². The Bertz CT molecular complexity index is 1590. The topological polar surface area (TPSA) is 116 Å². The number of thiophene rings is 1. The standard InChI is InChI=1S/C30H34ClN3O6S2/c1-18(2)40-30(37)32-23-16-26(41-28(23)29(35)36)21-14-27-24(15-22(21)31)34(20-12-8-5-9-13-20)17-25(33(3)42(27,38)39)19-10-6-4-7-11-19/h5,8-9,12-16,18-19,25H,4,6-7,10-11,17H2,1-3H3,(H,32,37)(H,35,36)/t25-/m0/s1. The van der Waals surface area contributed by atoms with Crippen molar-refractivity contribution in [1.29, 1.82) is 0 Å². The second-order valence-electron chi connectivity index (χ2n) is 11.0. The molecule has 1 aromatic heterocycles. The highest BCUT2D eigenvalue weighted by Crippen LogP contribution is 2.46. The Hall–Kier alpha value is -3.12. The van der Waals surface area contributed by atoms with Crippen molar-refractivity contribution < 1.29 is 27.9 Å². The molecule has 12 heteroatoms. The Balaban J connectivity index is 1.64. The number of para-hydroxylation sites is 1. The van der Waals surface area contributed by atoms with Crippen LogP contribution in [-0.4, -0.2) is 55.6 Å². The molecule has 1 atom stereocenters. The van der Waals surface area contributed by atoms with Gasteiger partial charge >= 0.3 is 12.1 Å². The molecular formula is C30H34ClN3O6S2. The monoisotopic (exact) mass is 631 g/mol. The van der Waals surface area contributed by atoms with E-state index in [1.807, 2.05) is 35.2 Å². The number of amides is 1. The molecule has 1 aliphatic heterocycles. The van der Waals surface area contributed by atoms with Crippen LogP contribution in [-0.2, 0) is 14.8 Å². The molecule has 1 fully saturated rings. The first-order valence-corrected chi connectivity index (χ1v) is 16.6. The first-order chi connectivity index (χ1) is 20.0. The second kappa shape index (κ2) is 12.2. The van der Waals surface area contributed by atoms with E-state index < -0.39 is 28.2 Å². The third-order valence-corrected chi connectivity index (χ3v) is 11.2. The van der Waals surface area contributed by atoms with Gasteiger partial charge in [-0.25, -0.2) is 18.0 Å². The van der Waals surface area contributed by atoms with Crippen LogP contribution >= 0.6 is 22.9 Å². The molecule has 224 valence electrons. The number of sulfonamides is 1. The maximum atomic E-state index is 14.3. The van der Waals surface area contributed by atoms with Crippen molar-refractivity contribution >= 4 is 62.1 Å². The minimum absolute atomic E-state index is 0.0439. The van der Waals surface area contributed by atoms with Gasteiger partial charge in [-0.15, -0.1) is 11.3 Å². The summed E-state index contributed by atoms with van der Waals surface area (Å²) in [7, 11) is -2.31. The molecule has 2 aliphatic rings. The summed E-state index contributed by atoms with van der Waals surface area (Å²) >= 11 is 7.74. The highest BCUT2D eigenvalue weighted by Gasteiger charge is 2.41. The summed E-state index contributed by atoms with van der Waals surface area (Å²) in [6.45, 7) is 3.84. The van der Waals surface area contributed by atoms with Crippen molar-refractivity contribution in [3.63, 3.8) is 0 Å². The first kappa shape index (κ1) is 30.3. The maximum absolute atomic E-state index is 14.3. The fourth-order valence-corrected chi connectivity index (χ4v) is 8.73. The molecule has 5 rings (SSSR count). The zero-order valence-electron chi connectivity index (χ0n) is 23.7. The molecule has 2 aromatic carbocycles. The van der Waals surface area contributed by atoms with Crippen LogP contribution in [0, 0.1) is 5.92 Å². The average molecular weight is 632 g/mol. The number of aromatic carboxylic acids is 1. The van der Waals surface area contributed by atoms with Crippen LogP contribution in [0.25, 0.3) is 10.4 Å². The van der Waals surface area contributed by atoms with Gasteiger partial charge in [0, 0.05) is 35.8 Å². The van der Waals surface area contributed by atoms with Crippen LogP contribution in [0.3, 0.4) is 0 Å². The van der Waals surface area contributed by atoms with Gasteiger partial charge in [0.25, 0.3) is 0 Å². The number of carboxylic acids is 1. The first-order valence-electron chi connectivity index (χ1n) is 14.0. The molecule has 0 bridgehead atoms. The van der Waals surface area contributed by atoms with E-state index in [9.17, 15) is 23.1 Å². The molecule has 0 radical (unpaired) electrons. The average Bonchev–Trinajstić information content (AvgIpc) is 3.34. The Labute approximate surface area is 255 Å². The molecule has 2 N–H and O–H groups in total. The van der Waals surface area contributed by atoms with Crippen molar-refractivity contribution in [2.45, 2.75) is 63.0 Å². The normalized spacial score (nSPS) is 19.3. The number of benzene rings is 2. The van der Waals surface area contributed by atoms with Crippen LogP contribution in [0.5, 0.6) is 0 Å². The van der Waals surface area contributed by atoms with Gasteiger partial charge in [0.15, 0.2) is 0 Å². The van der Waals surface area contributed by atoms with E-state index in [0.717, 1.165) is 49.1 Å². The van der Waals surface area contributed by atoms with Crippen molar-refractivity contribution in [3.05, 3.63) is 58.4 Å². The zero-order valence-corrected chi connectivity index (χ0v) is 26.1. The minimum Gasteiger partial charge on any atom is -0.477 e. The maximum Gasteiger partial charge on any atom is 0.411 e. The number of fused-ring (bicyclic) bond motifs is 1. The molecule has 9 nitrogen and oxygen atoms in total. The number of halogens is 1. The van der Waals surface area contributed by atoms with Crippen LogP contribution in [0.15, 0.2) is 53.4 Å². The Morgan fingerprint density at radius 3 is 2.43 bits per heavy atom. The van der Waals surface area contributed by atoms with E-state index in [4.69, 9.17) is 16.3 Å². The molecule has 3 aromatic rings. The lowest BCUT2D eigenvalue weighted by atomic mass is 9.83. The number of carboxylic acid groups (broad SMARTS) is 1. The fraction of sp³-hybridized carbons (Fsp3) is 0.400. The summed E-state index contributed by atoms with van der Waals surface area (Å²) in [5.41, 5.74) is 1.72. The molecule has 0 spiro atoms. The second-order valence-corrected chi connectivity index (χ2v) is 14.4. The number of carbonyl (C=O) groups excluding carboxylic acids is 1. The summed E-state index contributed by atoms with van der Waals surface area (Å²) in [5, 5.41) is 12.6. The molecule has 0 saturated heterocycles. The highest BCUT2D eigenvalue weighted by atomic mass is 35.5. The van der Waals surface area contributed by atoms with Gasteiger partial charge in [-0.05, 0) is 62.9 Å². The van der Waals surface area contributed by atoms with Gasteiger partial charge in [0.05, 0.1) is 22.5 Å². The third kappa shape index (κ3) is 6.01. The smallest absolute Gasteiger partial charge is 0.411 e. The van der Waals surface area contributed by atoms with E-state index >= 15 is 0 Å². The lowest BCUT2D eigenvalue weighted by Crippen LogP contribution is -2.46. The molecule has 0 unspecified atom stereocenters. The summed E-state index contributed by atoms with van der Waals surface area (Å²) in [6.07, 6.45) is 4.06. The number of ether oxygens (including phenoxy) is 1. The number of hydrogen-bond donors (Lipinski definition) is 2. The van der Waals surface area contributed by atoms with Crippen LogP contribution in [0.2, 0.25) is 5.02 Å². The Kier molecular flexibility index (Phi) is 8.84. The third-order valence-electron chi connectivity index (χ3n) is 7.87. The molecule has 1 amide bonds. The zero-order chi connectivity index (χ0) is 30.2. The van der Waals surface area contributed by atoms with Crippen molar-refractivity contribution in [2.24, 2.45) is 5.92 Å². The summed E-state index contributed by atoms with van der Waals surface area (Å²) in [5.74, 6) is -1.02. The number of rotatable bonds is 6. The van der Waals surface area contributed by atoms with E-state index in [2.05, 4.69) is 5.32 Å². The highest BCUT2D eigenvalue weighted by molar-refractivity contribution is 7.89. The number of likely N-dealkylation sites (N-methyl/N-ethyl adjacent to an activating group) is 1. The SMILES string of the molecule is CC(C)OC(=O)Nc1cc(-c2cc3c(cc2Cl)N(c2ccccc2)C[C@@H](C2CCCCC2)N(C)S3(=O)=O)sc1C(=O)O. The number of hydrogen-bond acceptors (Lipinski definition) is 7. The Morgan fingerprint density at radius 2 is 1.79 bits per heavy atom. The quantitative estimate of drug-likeness (QED) is 0.290. The largest absolute Gasteiger partial charge is 0.477 e. The molecule has 42 heavy (non-hydrogen) atoms. The summed E-state index contributed by atoms with van der Waals surface area (Å²) < 4.78 is 35.2. The number of nitrogens with zero attached hydrogens (tertiary/aromatic N) is 2. The van der Waals surface area contributed by atoms with E-state index in [1.54, 1.807) is 27.0 Å². The molecular weight excluding hydrogens is 598 g/mol. The van der Waals surface area contributed by atoms with E-state index in [-0.39, 0.29) is 32.4 Å². The number of anilines is 3. The number of nitrogens with one attached hydrogen (secondary N) is 1. The minimum atomic E-state index is -3.96. The van der Waals surface area contributed by atoms with Gasteiger partial charge in [-0.3, -0.25) is 5.32 Å². The predicted molar refractivity (Wildman–Crippen MR) is 166 cm³/mol. The van der Waals surface area contributed by atoms with Gasteiger partial charge < -0.3 is 14.7 Å². The Morgan fingerprint density at radius 1 is 1.10 bits per heavy atom. The summed E-state index contributed by atoms with van der Waals surface area (Å²) in [6, 6.07) is 14.1. The van der Waals surface area contributed by atoms with Crippen LogP contribution < -0.4 is 10.2 Å². The fourth-order valence-electron chi connectivity index (χ4n) is 5.83. The predicted octanol–water partition coefficient (Wildman–Crippen LogP) is 7.44. The van der Waals surface area contributed by atoms with Gasteiger partial charge in [0.2, 0.25) is 10.0 Å². The van der Waals surface area contributed by atoms with Crippen molar-refractivity contribution in [3.8, 4) is 10.4 Å². The summed E-state index contributed by atoms with van der Waals surface area (Å²) in [4.78, 5) is 26.7. The van der Waals surface area contributed by atoms with Crippen molar-refractivity contribution in [1.82, 2.24) is 4.31 Å². The molecule has 2 heterocycles. The molecule has 1 saturated carbocycles. The van der Waals surface area contributed by atoms with Crippen molar-refractivity contribution in [2.75, 3.05) is 23.8 Å². The van der Waals surface area contributed by atoms with Gasteiger partial charge in [-0.1, -0.05) is 49.1 Å². The van der Waals surface area contributed by atoms with Crippen LogP contribution in [0.4, 0.5) is 21.9 Å². The van der Waals surface area contributed by atoms with Gasteiger partial charge in [-0.2, -0.15) is 4.31 Å². The van der Waals surface area contributed by atoms with E-state index in [1.165, 1.54) is 16.4 Å². The lowest BCUT2D eigenvalue weighted by molar-refractivity contribution is 0.0703. The lowest BCUT2D eigenvalue weighted by Gasteiger charge is -2.36. The molecule has 1 aliphatic carbocycles. The van der Waals surface area contributed by atoms with E-state index in [0.29, 0.717) is 22.7 Å².